The van der Waals surface area contributed by atoms with Gasteiger partial charge in [0, 0.05) is 6.54 Å². The lowest BCUT2D eigenvalue weighted by atomic mass is 9.90. The second kappa shape index (κ2) is 8.90. The number of nitrogens with one attached hydrogen (secondary N) is 1. The van der Waals surface area contributed by atoms with Crippen LogP contribution in [0.4, 0.5) is 0 Å². The highest BCUT2D eigenvalue weighted by molar-refractivity contribution is 5.84. The summed E-state index contributed by atoms with van der Waals surface area (Å²) in [7, 11) is 0. The van der Waals surface area contributed by atoms with Gasteiger partial charge in [-0.05, 0) is 77.8 Å². The summed E-state index contributed by atoms with van der Waals surface area (Å²) in [6.07, 6.45) is 4.38. The van der Waals surface area contributed by atoms with Crippen LogP contribution in [0, 0.1) is 0 Å². The van der Waals surface area contributed by atoms with Crippen LogP contribution in [-0.2, 0) is 12.8 Å². The van der Waals surface area contributed by atoms with Crippen LogP contribution < -0.4 is 5.32 Å². The van der Waals surface area contributed by atoms with Crippen LogP contribution in [-0.4, -0.2) is 18.2 Å². The number of hydrogen-bond donors (Lipinski definition) is 2. The molecule has 142 valence electrons. The minimum Gasteiger partial charge on any atom is -0.508 e. The summed E-state index contributed by atoms with van der Waals surface area (Å²) in [5.74, 6) is 0.322. The fourth-order valence-corrected chi connectivity index (χ4v) is 4.10. The molecule has 0 saturated heterocycles. The Labute approximate surface area is 167 Å². The fourth-order valence-electron chi connectivity index (χ4n) is 4.10. The second-order valence-electron chi connectivity index (χ2n) is 7.45. The van der Waals surface area contributed by atoms with Crippen LogP contribution in [0.25, 0.3) is 5.57 Å². The molecule has 0 fully saturated rings. The minimum absolute atomic E-state index is 0.322. The van der Waals surface area contributed by atoms with Crippen molar-refractivity contribution in [1.29, 1.82) is 0 Å². The molecule has 0 aliphatic heterocycles. The Morgan fingerprint density at radius 2 is 1.64 bits per heavy atom. The smallest absolute Gasteiger partial charge is 0.116 e. The highest BCUT2D eigenvalue weighted by Crippen LogP contribution is 2.35. The average Bonchev–Trinajstić information content (AvgIpc) is 2.91. The van der Waals surface area contributed by atoms with E-state index in [1.54, 1.807) is 6.07 Å². The third kappa shape index (κ3) is 4.35. The van der Waals surface area contributed by atoms with Crippen LogP contribution in [0.1, 0.15) is 35.1 Å². The highest BCUT2D eigenvalue weighted by atomic mass is 16.3. The minimum atomic E-state index is 0.322. The van der Waals surface area contributed by atoms with Gasteiger partial charge in [0.05, 0.1) is 0 Å². The molecule has 0 saturated carbocycles. The van der Waals surface area contributed by atoms with Crippen molar-refractivity contribution in [2.45, 2.75) is 25.7 Å². The van der Waals surface area contributed by atoms with E-state index in [0.29, 0.717) is 5.75 Å². The standard InChI is InChI=1S/C26H27NO/c28-24-14-7-12-22(18-24)26-23(13-6-11-21-10-4-5-15-25(21)26)19-27-17-16-20-8-2-1-3-9-20/h1-5,7-10,12,14-15,18,27-28H,6,11,13,16-17,19H2. The molecule has 3 aromatic rings. The molecular formula is C26H27NO. The molecular weight excluding hydrogens is 342 g/mol. The summed E-state index contributed by atoms with van der Waals surface area (Å²) in [4.78, 5) is 0. The van der Waals surface area contributed by atoms with Crippen LogP contribution in [0.2, 0.25) is 0 Å². The Balaban J connectivity index is 1.60. The molecule has 0 aromatic heterocycles. The largest absolute Gasteiger partial charge is 0.508 e. The Morgan fingerprint density at radius 1 is 0.821 bits per heavy atom. The van der Waals surface area contributed by atoms with E-state index in [1.165, 1.54) is 27.8 Å². The summed E-state index contributed by atoms with van der Waals surface area (Å²) in [6.45, 7) is 1.84. The summed E-state index contributed by atoms with van der Waals surface area (Å²) in [5.41, 5.74) is 7.91. The van der Waals surface area contributed by atoms with Gasteiger partial charge in [-0.25, -0.2) is 0 Å². The van der Waals surface area contributed by atoms with Gasteiger partial charge in [0.1, 0.15) is 5.75 Å². The molecule has 0 amide bonds. The number of fused-ring (bicyclic) bond motifs is 1. The molecule has 4 rings (SSSR count). The SMILES string of the molecule is Oc1cccc(C2=C(CNCCc3ccccc3)CCCc3ccccc32)c1. The van der Waals surface area contributed by atoms with E-state index in [2.05, 4.69) is 66.0 Å². The third-order valence-electron chi connectivity index (χ3n) is 5.47. The number of rotatable bonds is 6. The molecule has 0 heterocycles. The highest BCUT2D eigenvalue weighted by Gasteiger charge is 2.18. The van der Waals surface area contributed by atoms with Crippen molar-refractivity contribution in [3.63, 3.8) is 0 Å². The van der Waals surface area contributed by atoms with Crippen molar-refractivity contribution >= 4 is 5.57 Å². The number of aryl methyl sites for hydroxylation is 1. The second-order valence-corrected chi connectivity index (χ2v) is 7.45. The van der Waals surface area contributed by atoms with Crippen molar-refractivity contribution in [3.8, 4) is 5.75 Å². The van der Waals surface area contributed by atoms with E-state index >= 15 is 0 Å². The molecule has 2 heteroatoms. The lowest BCUT2D eigenvalue weighted by molar-refractivity contribution is 0.475. The number of aromatic hydroxyl groups is 1. The van der Waals surface area contributed by atoms with Crippen LogP contribution in [0.15, 0.2) is 84.4 Å². The number of phenolic OH excluding ortho intramolecular Hbond substituents is 1. The lowest BCUT2D eigenvalue weighted by Gasteiger charge is -2.17. The Morgan fingerprint density at radius 3 is 2.50 bits per heavy atom. The molecule has 2 nitrogen and oxygen atoms in total. The maximum absolute atomic E-state index is 10.1. The number of phenols is 1. The first-order chi connectivity index (χ1) is 13.8. The van der Waals surface area contributed by atoms with E-state index in [4.69, 9.17) is 0 Å². The maximum atomic E-state index is 10.1. The van der Waals surface area contributed by atoms with Gasteiger partial charge in [-0.15, -0.1) is 0 Å². The first-order valence-electron chi connectivity index (χ1n) is 10.2. The lowest BCUT2D eigenvalue weighted by Crippen LogP contribution is -2.21. The summed E-state index contributed by atoms with van der Waals surface area (Å²) < 4.78 is 0. The summed E-state index contributed by atoms with van der Waals surface area (Å²) in [6, 6.07) is 27.0. The zero-order chi connectivity index (χ0) is 19.2. The molecule has 0 atom stereocenters. The molecule has 3 aromatic carbocycles. The van der Waals surface area contributed by atoms with E-state index in [0.717, 1.165) is 44.3 Å². The molecule has 1 aliphatic carbocycles. The fraction of sp³-hybridized carbons (Fsp3) is 0.231. The van der Waals surface area contributed by atoms with E-state index in [9.17, 15) is 5.11 Å². The van der Waals surface area contributed by atoms with E-state index in [1.807, 2.05) is 12.1 Å². The zero-order valence-corrected chi connectivity index (χ0v) is 16.2. The number of hydrogen-bond acceptors (Lipinski definition) is 2. The topological polar surface area (TPSA) is 32.3 Å². The van der Waals surface area contributed by atoms with Crippen molar-refractivity contribution in [3.05, 3.63) is 107 Å². The van der Waals surface area contributed by atoms with E-state index in [-0.39, 0.29) is 0 Å². The monoisotopic (exact) mass is 369 g/mol. The quantitative estimate of drug-likeness (QED) is 0.573. The number of benzene rings is 3. The van der Waals surface area contributed by atoms with Gasteiger partial charge in [0.15, 0.2) is 0 Å². The van der Waals surface area contributed by atoms with Gasteiger partial charge in [0.2, 0.25) is 0 Å². The molecule has 0 radical (unpaired) electrons. The zero-order valence-electron chi connectivity index (χ0n) is 16.2. The average molecular weight is 370 g/mol. The molecule has 1 aliphatic rings. The molecule has 0 spiro atoms. The van der Waals surface area contributed by atoms with Gasteiger partial charge < -0.3 is 10.4 Å². The van der Waals surface area contributed by atoms with Crippen LogP contribution in [0.3, 0.4) is 0 Å². The van der Waals surface area contributed by atoms with Gasteiger partial charge in [-0.3, -0.25) is 0 Å². The van der Waals surface area contributed by atoms with Crippen molar-refractivity contribution in [1.82, 2.24) is 5.32 Å². The molecule has 0 unspecified atom stereocenters. The van der Waals surface area contributed by atoms with E-state index < -0.39 is 0 Å². The first kappa shape index (κ1) is 18.5. The van der Waals surface area contributed by atoms with Crippen LogP contribution in [0.5, 0.6) is 5.75 Å². The Bertz CT molecular complexity index is 959. The van der Waals surface area contributed by atoms with Gasteiger partial charge in [0.25, 0.3) is 0 Å². The van der Waals surface area contributed by atoms with Crippen LogP contribution >= 0.6 is 0 Å². The Kier molecular flexibility index (Phi) is 5.89. The molecule has 0 bridgehead atoms. The normalized spacial score (nSPS) is 13.9. The van der Waals surface area contributed by atoms with Gasteiger partial charge >= 0.3 is 0 Å². The first-order valence-corrected chi connectivity index (χ1v) is 10.2. The maximum Gasteiger partial charge on any atom is 0.116 e. The van der Waals surface area contributed by atoms with Gasteiger partial charge in [-0.2, -0.15) is 0 Å². The third-order valence-corrected chi connectivity index (χ3v) is 5.47. The summed E-state index contributed by atoms with van der Waals surface area (Å²) >= 11 is 0. The van der Waals surface area contributed by atoms with Crippen molar-refractivity contribution in [2.75, 3.05) is 13.1 Å². The molecule has 2 N–H and O–H groups in total. The Hall–Kier alpha value is -2.84. The summed E-state index contributed by atoms with van der Waals surface area (Å²) in [5, 5.41) is 13.7. The van der Waals surface area contributed by atoms with Gasteiger partial charge in [-0.1, -0.05) is 66.7 Å². The molecule has 28 heavy (non-hydrogen) atoms. The predicted molar refractivity (Wildman–Crippen MR) is 117 cm³/mol. The van der Waals surface area contributed by atoms with Crippen molar-refractivity contribution < 1.29 is 5.11 Å². The van der Waals surface area contributed by atoms with Crippen molar-refractivity contribution in [2.24, 2.45) is 0 Å². The predicted octanol–water partition coefficient (Wildman–Crippen LogP) is 5.36.